The van der Waals surface area contributed by atoms with Crippen LogP contribution < -0.4 is 11.1 Å². The van der Waals surface area contributed by atoms with E-state index in [1.54, 1.807) is 17.0 Å². The maximum absolute atomic E-state index is 12.1. The molecule has 0 aliphatic carbocycles. The van der Waals surface area contributed by atoms with Gasteiger partial charge in [-0.05, 0) is 32.4 Å². The fraction of sp³-hybridized carbons (Fsp3) is 0.467. The average molecular weight is 277 g/mol. The third-order valence-corrected chi connectivity index (χ3v) is 3.33. The van der Waals surface area contributed by atoms with Crippen LogP contribution >= 0.6 is 0 Å². The molecule has 1 aromatic rings. The summed E-state index contributed by atoms with van der Waals surface area (Å²) >= 11 is 0. The normalized spacial score (nSPS) is 11.9. The molecule has 0 fully saturated rings. The van der Waals surface area contributed by atoms with Crippen molar-refractivity contribution in [2.45, 2.75) is 33.4 Å². The number of carbonyl (C=O) groups excluding carboxylic acids is 2. The molecule has 5 nitrogen and oxygen atoms in total. The number of amides is 2. The quantitative estimate of drug-likeness (QED) is 0.784. The summed E-state index contributed by atoms with van der Waals surface area (Å²) < 4.78 is 0. The van der Waals surface area contributed by atoms with Crippen molar-refractivity contribution in [3.05, 3.63) is 35.4 Å². The van der Waals surface area contributed by atoms with Crippen LogP contribution in [0.5, 0.6) is 0 Å². The molecular weight excluding hydrogens is 254 g/mol. The minimum atomic E-state index is -0.454. The summed E-state index contributed by atoms with van der Waals surface area (Å²) in [6.07, 6.45) is 0. The van der Waals surface area contributed by atoms with Crippen molar-refractivity contribution in [1.29, 1.82) is 0 Å². The van der Waals surface area contributed by atoms with Crippen molar-refractivity contribution in [3.8, 4) is 0 Å². The number of nitrogens with two attached hydrogens (primary N) is 1. The fourth-order valence-electron chi connectivity index (χ4n) is 2.07. The van der Waals surface area contributed by atoms with E-state index in [0.29, 0.717) is 25.2 Å². The molecule has 0 aromatic heterocycles. The van der Waals surface area contributed by atoms with Crippen molar-refractivity contribution in [2.75, 3.05) is 13.1 Å². The molecule has 1 aromatic carbocycles. The molecule has 5 heteroatoms. The third-order valence-electron chi connectivity index (χ3n) is 3.33. The average Bonchev–Trinajstić information content (AvgIpc) is 2.46. The Kier molecular flexibility index (Phi) is 6.18. The molecule has 0 heterocycles. The van der Waals surface area contributed by atoms with Gasteiger partial charge in [0, 0.05) is 25.2 Å². The lowest BCUT2D eigenvalue weighted by Gasteiger charge is -2.23. The Labute approximate surface area is 120 Å². The molecular formula is C15H23N3O2. The van der Waals surface area contributed by atoms with E-state index in [1.807, 2.05) is 32.9 Å². The predicted octanol–water partition coefficient (Wildman–Crippen LogP) is 1.13. The maximum atomic E-state index is 12.1. The van der Waals surface area contributed by atoms with Gasteiger partial charge in [-0.25, -0.2) is 0 Å². The van der Waals surface area contributed by atoms with E-state index >= 15 is 0 Å². The van der Waals surface area contributed by atoms with Crippen LogP contribution in [0.1, 0.15) is 36.7 Å². The van der Waals surface area contributed by atoms with Crippen molar-refractivity contribution in [2.24, 2.45) is 5.73 Å². The van der Waals surface area contributed by atoms with Gasteiger partial charge in [0.1, 0.15) is 0 Å². The first-order valence-corrected chi connectivity index (χ1v) is 6.91. The number of primary amides is 1. The number of carbonyl (C=O) groups is 2. The molecule has 1 atom stereocenters. The lowest BCUT2D eigenvalue weighted by molar-refractivity contribution is -0.132. The summed E-state index contributed by atoms with van der Waals surface area (Å²) in [5, 5.41) is 3.14. The molecule has 0 saturated heterocycles. The van der Waals surface area contributed by atoms with E-state index in [2.05, 4.69) is 5.32 Å². The highest BCUT2D eigenvalue weighted by Gasteiger charge is 2.18. The standard InChI is InChI=1S/C15H23N3O2/c1-4-18(5-2)15(20)11(3)17-10-12-8-6-7-9-13(12)14(16)19/h6-9,11,17H,4-5,10H2,1-3H3,(H2,16,19). The minimum absolute atomic E-state index is 0.0616. The van der Waals surface area contributed by atoms with Gasteiger partial charge in [0.25, 0.3) is 0 Å². The lowest BCUT2D eigenvalue weighted by Crippen LogP contribution is -2.44. The second-order valence-electron chi connectivity index (χ2n) is 4.63. The Morgan fingerprint density at radius 2 is 1.85 bits per heavy atom. The topological polar surface area (TPSA) is 75.4 Å². The molecule has 0 bridgehead atoms. The van der Waals surface area contributed by atoms with Gasteiger partial charge in [-0.15, -0.1) is 0 Å². The highest BCUT2D eigenvalue weighted by atomic mass is 16.2. The number of benzene rings is 1. The van der Waals surface area contributed by atoms with E-state index in [4.69, 9.17) is 5.73 Å². The van der Waals surface area contributed by atoms with Gasteiger partial charge < -0.3 is 16.0 Å². The Balaban J connectivity index is 2.68. The van der Waals surface area contributed by atoms with Crippen molar-refractivity contribution in [3.63, 3.8) is 0 Å². The molecule has 110 valence electrons. The molecule has 1 unspecified atom stereocenters. The number of hydrogen-bond donors (Lipinski definition) is 2. The third kappa shape index (κ3) is 4.06. The fourth-order valence-corrected chi connectivity index (χ4v) is 2.07. The van der Waals surface area contributed by atoms with Gasteiger partial charge in [-0.2, -0.15) is 0 Å². The second kappa shape index (κ2) is 7.65. The SMILES string of the molecule is CCN(CC)C(=O)C(C)NCc1ccccc1C(N)=O. The number of hydrogen-bond acceptors (Lipinski definition) is 3. The molecule has 1 rings (SSSR count). The number of nitrogens with one attached hydrogen (secondary N) is 1. The molecule has 0 radical (unpaired) electrons. The largest absolute Gasteiger partial charge is 0.366 e. The van der Waals surface area contributed by atoms with Crippen LogP contribution in [0, 0.1) is 0 Å². The Morgan fingerprint density at radius 3 is 2.40 bits per heavy atom. The Morgan fingerprint density at radius 1 is 1.25 bits per heavy atom. The second-order valence-corrected chi connectivity index (χ2v) is 4.63. The van der Waals surface area contributed by atoms with Crippen LogP contribution in [0.2, 0.25) is 0 Å². The monoisotopic (exact) mass is 277 g/mol. The van der Waals surface area contributed by atoms with Gasteiger partial charge in [-0.3, -0.25) is 9.59 Å². The lowest BCUT2D eigenvalue weighted by atomic mass is 10.1. The zero-order valence-electron chi connectivity index (χ0n) is 12.3. The maximum Gasteiger partial charge on any atom is 0.249 e. The highest BCUT2D eigenvalue weighted by molar-refractivity contribution is 5.94. The number of likely N-dealkylation sites (N-methyl/N-ethyl adjacent to an activating group) is 1. The molecule has 0 aliphatic heterocycles. The first-order chi connectivity index (χ1) is 9.51. The van der Waals surface area contributed by atoms with Gasteiger partial charge in [-0.1, -0.05) is 18.2 Å². The van der Waals surface area contributed by atoms with Gasteiger partial charge in [0.2, 0.25) is 11.8 Å². The van der Waals surface area contributed by atoms with Crippen LogP contribution in [-0.4, -0.2) is 35.8 Å². The van der Waals surface area contributed by atoms with Crippen LogP contribution in [0.4, 0.5) is 0 Å². The van der Waals surface area contributed by atoms with Crippen LogP contribution in [0.25, 0.3) is 0 Å². The summed E-state index contributed by atoms with van der Waals surface area (Å²) in [5.41, 5.74) is 6.62. The highest BCUT2D eigenvalue weighted by Crippen LogP contribution is 2.08. The van der Waals surface area contributed by atoms with Crippen molar-refractivity contribution < 1.29 is 9.59 Å². The van der Waals surface area contributed by atoms with Crippen LogP contribution in [0.15, 0.2) is 24.3 Å². The van der Waals surface area contributed by atoms with Gasteiger partial charge in [0.05, 0.1) is 6.04 Å². The molecule has 20 heavy (non-hydrogen) atoms. The Bertz CT molecular complexity index is 470. The molecule has 0 spiro atoms. The summed E-state index contributed by atoms with van der Waals surface area (Å²) in [7, 11) is 0. The van der Waals surface area contributed by atoms with E-state index in [-0.39, 0.29) is 11.9 Å². The smallest absolute Gasteiger partial charge is 0.249 e. The first kappa shape index (κ1) is 16.2. The van der Waals surface area contributed by atoms with E-state index in [1.165, 1.54) is 0 Å². The van der Waals surface area contributed by atoms with Crippen LogP contribution in [0.3, 0.4) is 0 Å². The van der Waals surface area contributed by atoms with E-state index < -0.39 is 5.91 Å². The van der Waals surface area contributed by atoms with Gasteiger partial charge >= 0.3 is 0 Å². The van der Waals surface area contributed by atoms with E-state index in [9.17, 15) is 9.59 Å². The van der Waals surface area contributed by atoms with Crippen molar-refractivity contribution in [1.82, 2.24) is 10.2 Å². The predicted molar refractivity (Wildman–Crippen MR) is 79.2 cm³/mol. The minimum Gasteiger partial charge on any atom is -0.366 e. The summed E-state index contributed by atoms with van der Waals surface area (Å²) in [6, 6.07) is 6.85. The number of nitrogens with zero attached hydrogens (tertiary/aromatic N) is 1. The zero-order chi connectivity index (χ0) is 15.1. The molecule has 3 N–H and O–H groups in total. The van der Waals surface area contributed by atoms with Gasteiger partial charge in [0.15, 0.2) is 0 Å². The number of rotatable bonds is 7. The van der Waals surface area contributed by atoms with E-state index in [0.717, 1.165) is 5.56 Å². The summed E-state index contributed by atoms with van der Waals surface area (Å²) in [5.74, 6) is -0.392. The Hall–Kier alpha value is -1.88. The molecule has 0 saturated carbocycles. The molecule has 2 amide bonds. The summed E-state index contributed by atoms with van der Waals surface area (Å²) in [4.78, 5) is 25.2. The molecule has 0 aliphatic rings. The van der Waals surface area contributed by atoms with Crippen molar-refractivity contribution >= 4 is 11.8 Å². The first-order valence-electron chi connectivity index (χ1n) is 6.91. The zero-order valence-corrected chi connectivity index (χ0v) is 12.3. The summed E-state index contributed by atoms with van der Waals surface area (Å²) in [6.45, 7) is 7.56. The van der Waals surface area contributed by atoms with Crippen LogP contribution in [-0.2, 0) is 11.3 Å².